The van der Waals surface area contributed by atoms with Gasteiger partial charge in [-0.05, 0) is 55.7 Å². The van der Waals surface area contributed by atoms with E-state index in [4.69, 9.17) is 11.6 Å². The maximum Gasteiger partial charge on any atom is 0.251 e. The van der Waals surface area contributed by atoms with Crippen LogP contribution in [-0.2, 0) is 5.41 Å². The monoisotopic (exact) mass is 377 g/mol. The Balaban J connectivity index is 1.75. The molecule has 0 heterocycles. The molecular weight excluding hydrogens is 362 g/mol. The molecule has 4 heteroatoms. The minimum Gasteiger partial charge on any atom is -0.349 e. The summed E-state index contributed by atoms with van der Waals surface area (Å²) in [7, 11) is 0. The lowest BCUT2D eigenvalue weighted by Gasteiger charge is -2.25. The fourth-order valence-corrected chi connectivity index (χ4v) is 3.39. The lowest BCUT2D eigenvalue weighted by atomic mass is 9.89. The lowest BCUT2D eigenvalue weighted by Crippen LogP contribution is -2.41. The van der Waals surface area contributed by atoms with Crippen molar-refractivity contribution in [3.8, 4) is 0 Å². The summed E-state index contributed by atoms with van der Waals surface area (Å²) >= 11 is 9.42. The molecule has 1 fully saturated rings. The quantitative estimate of drug-likeness (QED) is 0.801. The van der Waals surface area contributed by atoms with E-state index < -0.39 is 0 Å². The van der Waals surface area contributed by atoms with Gasteiger partial charge in [-0.3, -0.25) is 4.79 Å². The third-order valence-corrected chi connectivity index (χ3v) is 5.23. The van der Waals surface area contributed by atoms with Crippen LogP contribution in [0, 0.1) is 0 Å². The van der Waals surface area contributed by atoms with Gasteiger partial charge in [0.15, 0.2) is 0 Å². The van der Waals surface area contributed by atoms with Gasteiger partial charge in [0.25, 0.3) is 5.91 Å². The lowest BCUT2D eigenvalue weighted by molar-refractivity contribution is 0.0932. The molecule has 114 valence electrons. The zero-order valence-electron chi connectivity index (χ0n) is 12.3. The van der Waals surface area contributed by atoms with E-state index in [1.165, 1.54) is 5.56 Å². The largest absolute Gasteiger partial charge is 0.349 e. The fourth-order valence-electron chi connectivity index (χ4n) is 2.94. The van der Waals surface area contributed by atoms with Crippen LogP contribution in [-0.4, -0.2) is 11.9 Å². The Bertz CT molecular complexity index is 694. The second kappa shape index (κ2) is 6.05. The smallest absolute Gasteiger partial charge is 0.251 e. The number of carbonyl (C=O) groups is 1. The Morgan fingerprint density at radius 1 is 1.23 bits per heavy atom. The molecule has 0 aromatic heterocycles. The molecule has 1 aliphatic rings. The molecule has 2 aromatic rings. The van der Waals surface area contributed by atoms with Crippen LogP contribution in [0.4, 0.5) is 0 Å². The first-order valence-electron chi connectivity index (χ1n) is 7.34. The maximum atomic E-state index is 12.4. The average Bonchev–Trinajstić information content (AvgIpc) is 3.29. The van der Waals surface area contributed by atoms with E-state index >= 15 is 0 Å². The molecule has 22 heavy (non-hydrogen) atoms. The normalized spacial score (nSPS) is 16.9. The Morgan fingerprint density at radius 2 is 1.91 bits per heavy atom. The summed E-state index contributed by atoms with van der Waals surface area (Å²) in [5, 5.41) is 3.71. The van der Waals surface area contributed by atoms with Crippen molar-refractivity contribution in [2.24, 2.45) is 0 Å². The van der Waals surface area contributed by atoms with E-state index in [0.717, 1.165) is 17.3 Å². The van der Waals surface area contributed by atoms with Crippen molar-refractivity contribution < 1.29 is 4.79 Å². The third-order valence-electron chi connectivity index (χ3n) is 4.47. The molecule has 0 aliphatic heterocycles. The number of carbonyl (C=O) groups excluding carboxylic acids is 1. The number of hydrogen-bond acceptors (Lipinski definition) is 1. The van der Waals surface area contributed by atoms with Gasteiger partial charge in [0.05, 0.1) is 0 Å². The number of rotatable bonds is 4. The summed E-state index contributed by atoms with van der Waals surface area (Å²) < 4.78 is 1.07. The van der Waals surface area contributed by atoms with Crippen LogP contribution in [0.15, 0.2) is 53.0 Å². The van der Waals surface area contributed by atoms with Gasteiger partial charge in [-0.1, -0.05) is 45.7 Å². The van der Waals surface area contributed by atoms with Crippen molar-refractivity contribution >= 4 is 33.4 Å². The molecule has 0 saturated heterocycles. The highest BCUT2D eigenvalue weighted by Crippen LogP contribution is 2.51. The van der Waals surface area contributed by atoms with E-state index in [1.54, 1.807) is 24.3 Å². The van der Waals surface area contributed by atoms with Gasteiger partial charge in [0.2, 0.25) is 0 Å². The summed E-state index contributed by atoms with van der Waals surface area (Å²) in [5.74, 6) is -0.0709. The molecular formula is C18H17BrClNO. The van der Waals surface area contributed by atoms with Gasteiger partial charge in [0, 0.05) is 26.5 Å². The molecule has 0 spiro atoms. The average molecular weight is 379 g/mol. The summed E-state index contributed by atoms with van der Waals surface area (Å²) in [6.07, 6.45) is 2.21. The molecule has 2 aromatic carbocycles. The van der Waals surface area contributed by atoms with Gasteiger partial charge in [-0.15, -0.1) is 0 Å². The van der Waals surface area contributed by atoms with Gasteiger partial charge >= 0.3 is 0 Å². The van der Waals surface area contributed by atoms with Crippen LogP contribution in [0.25, 0.3) is 0 Å². The summed E-state index contributed by atoms with van der Waals surface area (Å²) in [5.41, 5.74) is 1.95. The Hall–Kier alpha value is -1.32. The van der Waals surface area contributed by atoms with Crippen LogP contribution in [0.1, 0.15) is 35.7 Å². The molecule has 1 saturated carbocycles. The van der Waals surface area contributed by atoms with Crippen molar-refractivity contribution in [1.82, 2.24) is 5.32 Å². The van der Waals surface area contributed by atoms with Gasteiger partial charge in [-0.2, -0.15) is 0 Å². The van der Waals surface area contributed by atoms with E-state index in [-0.39, 0.29) is 17.4 Å². The molecule has 1 amide bonds. The van der Waals surface area contributed by atoms with Crippen molar-refractivity contribution in [2.45, 2.75) is 31.2 Å². The van der Waals surface area contributed by atoms with Gasteiger partial charge in [0.1, 0.15) is 0 Å². The zero-order valence-corrected chi connectivity index (χ0v) is 14.6. The molecule has 0 radical (unpaired) electrons. The molecule has 1 N–H and O–H groups in total. The molecule has 2 nitrogen and oxygen atoms in total. The highest BCUT2D eigenvalue weighted by Gasteiger charge is 2.49. The summed E-state index contributed by atoms with van der Waals surface area (Å²) in [6.45, 7) is 2.08. The summed E-state index contributed by atoms with van der Waals surface area (Å²) in [6, 6.07) is 15.5. The molecule has 3 rings (SSSR count). The van der Waals surface area contributed by atoms with Crippen LogP contribution in [0.3, 0.4) is 0 Å². The first-order valence-corrected chi connectivity index (χ1v) is 8.51. The van der Waals surface area contributed by atoms with Crippen molar-refractivity contribution in [3.05, 3.63) is 69.2 Å². The molecule has 1 aliphatic carbocycles. The minimum absolute atomic E-state index is 0.0644. The molecule has 0 bridgehead atoms. The molecule has 1 atom stereocenters. The Morgan fingerprint density at radius 3 is 2.50 bits per heavy atom. The van der Waals surface area contributed by atoms with Crippen molar-refractivity contribution in [1.29, 1.82) is 0 Å². The van der Waals surface area contributed by atoms with E-state index in [1.807, 2.05) is 0 Å². The van der Waals surface area contributed by atoms with Crippen LogP contribution in [0.2, 0.25) is 5.02 Å². The standard InChI is InChI=1S/C18H17BrClNO/c1-12(21-17(22)13-3-2-4-16(20)11-13)18(9-10-18)14-5-7-15(19)8-6-14/h2-8,11-12H,9-10H2,1H3,(H,21,22). The first-order chi connectivity index (χ1) is 10.5. The van der Waals surface area contributed by atoms with Crippen molar-refractivity contribution in [3.63, 3.8) is 0 Å². The Labute approximate surface area is 144 Å². The fraction of sp³-hybridized carbons (Fsp3) is 0.278. The second-order valence-electron chi connectivity index (χ2n) is 5.87. The van der Waals surface area contributed by atoms with Gasteiger partial charge in [-0.25, -0.2) is 0 Å². The van der Waals surface area contributed by atoms with E-state index in [2.05, 4.69) is 52.4 Å². The topological polar surface area (TPSA) is 29.1 Å². The highest BCUT2D eigenvalue weighted by atomic mass is 79.9. The Kier molecular flexibility index (Phi) is 4.28. The predicted octanol–water partition coefficient (Wildman–Crippen LogP) is 4.95. The van der Waals surface area contributed by atoms with E-state index in [9.17, 15) is 4.79 Å². The maximum absolute atomic E-state index is 12.4. The number of amides is 1. The van der Waals surface area contributed by atoms with Crippen LogP contribution >= 0.6 is 27.5 Å². The van der Waals surface area contributed by atoms with Crippen LogP contribution in [0.5, 0.6) is 0 Å². The minimum atomic E-state index is -0.0709. The highest BCUT2D eigenvalue weighted by molar-refractivity contribution is 9.10. The molecule has 1 unspecified atom stereocenters. The number of hydrogen-bond donors (Lipinski definition) is 1. The summed E-state index contributed by atoms with van der Waals surface area (Å²) in [4.78, 5) is 12.4. The number of benzene rings is 2. The van der Waals surface area contributed by atoms with Gasteiger partial charge < -0.3 is 5.32 Å². The van der Waals surface area contributed by atoms with E-state index in [0.29, 0.717) is 10.6 Å². The predicted molar refractivity (Wildman–Crippen MR) is 93.4 cm³/mol. The number of halogens is 2. The zero-order chi connectivity index (χ0) is 15.7. The third kappa shape index (κ3) is 3.06. The SMILES string of the molecule is CC(NC(=O)c1cccc(Cl)c1)C1(c2ccc(Br)cc2)CC1. The van der Waals surface area contributed by atoms with Crippen LogP contribution < -0.4 is 5.32 Å². The first kappa shape index (κ1) is 15.6. The number of nitrogens with one attached hydrogen (secondary N) is 1. The second-order valence-corrected chi connectivity index (χ2v) is 7.22. The van der Waals surface area contributed by atoms with Crippen molar-refractivity contribution in [2.75, 3.05) is 0 Å².